The second-order valence-electron chi connectivity index (χ2n) is 11.6. The molecule has 0 radical (unpaired) electrons. The molecule has 0 heterocycles. The van der Waals surface area contributed by atoms with Gasteiger partial charge in [0.25, 0.3) is 0 Å². The van der Waals surface area contributed by atoms with Crippen LogP contribution in [0.1, 0.15) is 80.7 Å². The van der Waals surface area contributed by atoms with Gasteiger partial charge in [0.15, 0.2) is 0 Å². The number of benzene rings is 5. The van der Waals surface area contributed by atoms with Gasteiger partial charge in [-0.1, -0.05) is 159 Å². The van der Waals surface area contributed by atoms with E-state index in [4.69, 9.17) is 10.6 Å². The van der Waals surface area contributed by atoms with E-state index in [0.717, 1.165) is 52.7 Å². The number of fused-ring (bicyclic) bond motifs is 2. The summed E-state index contributed by atoms with van der Waals surface area (Å²) in [5.74, 6) is 0.793. The van der Waals surface area contributed by atoms with Crippen LogP contribution in [-0.4, -0.2) is 0 Å². The summed E-state index contributed by atoms with van der Waals surface area (Å²) in [6, 6.07) is 38.6. The predicted octanol–water partition coefficient (Wildman–Crippen LogP) is 12.9. The van der Waals surface area contributed by atoms with Gasteiger partial charge in [0.05, 0.1) is 0 Å². The van der Waals surface area contributed by atoms with E-state index in [1.54, 1.807) is 0 Å². The molecule has 0 spiro atoms. The van der Waals surface area contributed by atoms with Gasteiger partial charge in [0.1, 0.15) is 0 Å². The molecule has 0 saturated heterocycles. The first-order chi connectivity index (χ1) is 19.5. The van der Waals surface area contributed by atoms with Crippen LogP contribution in [0.15, 0.2) is 97.1 Å². The Hall–Kier alpha value is -3.17. The second-order valence-corrected chi connectivity index (χ2v) is 11.6. The SMILES string of the molecule is CC(C)c1cccc(C(C)C)c1[N-]c1cccc2ccc(-c3cccc4c3C([N-]c3ccccc3)CCC4)[c-]c12.[CH3-].[CH3-].[Hf]. The molecule has 1 aliphatic rings. The number of para-hydroxylation sites is 2. The predicted molar refractivity (Wildman–Crippen MR) is 183 cm³/mol. The summed E-state index contributed by atoms with van der Waals surface area (Å²) in [5.41, 5.74) is 10.8. The Balaban J connectivity index is 0.00000169. The fourth-order valence-electron chi connectivity index (χ4n) is 6.11. The van der Waals surface area contributed by atoms with Crippen molar-refractivity contribution in [3.05, 3.63) is 151 Å². The van der Waals surface area contributed by atoms with Crippen molar-refractivity contribution < 1.29 is 25.8 Å². The smallest absolute Gasteiger partial charge is 0 e. The van der Waals surface area contributed by atoms with E-state index in [2.05, 4.69) is 131 Å². The van der Waals surface area contributed by atoms with Crippen molar-refractivity contribution >= 4 is 27.8 Å². The molecule has 3 heteroatoms. The van der Waals surface area contributed by atoms with Gasteiger partial charge in [0.2, 0.25) is 0 Å². The van der Waals surface area contributed by atoms with E-state index in [0.29, 0.717) is 11.8 Å². The van der Waals surface area contributed by atoms with Crippen LogP contribution in [-0.2, 0) is 32.3 Å². The summed E-state index contributed by atoms with van der Waals surface area (Å²) in [6.07, 6.45) is 3.33. The van der Waals surface area contributed by atoms with Crippen LogP contribution in [0.2, 0.25) is 0 Å². The maximum atomic E-state index is 5.35. The molecule has 5 aromatic rings. The molecule has 5 aromatic carbocycles. The molecular weight excluding hydrogens is 687 g/mol. The maximum absolute atomic E-state index is 5.35. The van der Waals surface area contributed by atoms with Crippen LogP contribution in [0.25, 0.3) is 32.5 Å². The average Bonchev–Trinajstić information content (AvgIpc) is 2.97. The van der Waals surface area contributed by atoms with Gasteiger partial charge in [-0.05, 0) is 18.3 Å². The maximum Gasteiger partial charge on any atom is 0 e. The Morgan fingerprint density at radius 3 is 2.09 bits per heavy atom. The quantitative estimate of drug-likeness (QED) is 0.118. The summed E-state index contributed by atoms with van der Waals surface area (Å²) in [6.45, 7) is 9.00. The number of hydrogen-bond acceptors (Lipinski definition) is 0. The zero-order valence-corrected chi connectivity index (χ0v) is 30.1. The molecule has 0 fully saturated rings. The van der Waals surface area contributed by atoms with E-state index in [1.807, 2.05) is 0 Å². The molecule has 6 rings (SSSR count). The van der Waals surface area contributed by atoms with Crippen molar-refractivity contribution in [2.75, 3.05) is 0 Å². The van der Waals surface area contributed by atoms with Gasteiger partial charge in [-0.15, -0.1) is 46.6 Å². The molecule has 0 N–H and O–H groups in total. The monoisotopic (exact) mass is 731 g/mol. The van der Waals surface area contributed by atoms with Crippen LogP contribution in [0.5, 0.6) is 0 Å². The number of nitrogens with zero attached hydrogens (tertiary/aromatic N) is 2. The standard InChI is InChI=1S/C38H37N2.2CH3.Hf/c1-25(2)31-17-11-18-32(26(3)4)38(31)40-35-20-9-12-27-22-23-29(24-34(27)35)33-19-8-13-28-14-10-21-36(37(28)33)39-30-15-6-5-7-16-30;;;/h5-9,11-13,15-20,22-23,25-26,36H,10,14,21H2,1-4H3;2*1H3;/q-3;2*-1;. The van der Waals surface area contributed by atoms with Gasteiger partial charge in [0, 0.05) is 25.8 Å². The first-order valence-corrected chi connectivity index (χ1v) is 14.7. The Kier molecular flexibility index (Phi) is 12.0. The topological polar surface area (TPSA) is 28.2 Å². The summed E-state index contributed by atoms with van der Waals surface area (Å²) >= 11 is 0. The molecule has 1 unspecified atom stereocenters. The van der Waals surface area contributed by atoms with Crippen molar-refractivity contribution in [3.63, 3.8) is 0 Å². The van der Waals surface area contributed by atoms with Gasteiger partial charge in [-0.3, -0.25) is 0 Å². The molecule has 0 aromatic heterocycles. The summed E-state index contributed by atoms with van der Waals surface area (Å²) in [5, 5.41) is 12.8. The Bertz CT molecular complexity index is 1610. The molecule has 222 valence electrons. The minimum atomic E-state index is 0. The fraction of sp³-hybridized carbons (Fsp3) is 0.250. The van der Waals surface area contributed by atoms with Gasteiger partial charge in [-0.2, -0.15) is 5.69 Å². The second kappa shape index (κ2) is 15.0. The van der Waals surface area contributed by atoms with E-state index in [1.165, 1.54) is 27.8 Å². The van der Waals surface area contributed by atoms with E-state index in [9.17, 15) is 0 Å². The average molecular weight is 730 g/mol. The van der Waals surface area contributed by atoms with E-state index < -0.39 is 0 Å². The van der Waals surface area contributed by atoms with Crippen molar-refractivity contribution in [2.24, 2.45) is 0 Å². The van der Waals surface area contributed by atoms with Gasteiger partial charge in [-0.25, -0.2) is 0 Å². The Labute approximate surface area is 279 Å². The third-order valence-electron chi connectivity index (χ3n) is 8.14. The van der Waals surface area contributed by atoms with Crippen LogP contribution in [0, 0.1) is 20.9 Å². The molecule has 2 nitrogen and oxygen atoms in total. The van der Waals surface area contributed by atoms with Crippen LogP contribution < -0.4 is 0 Å². The molecule has 0 saturated carbocycles. The molecule has 1 atom stereocenters. The first kappa shape index (κ1) is 34.3. The third kappa shape index (κ3) is 7.15. The van der Waals surface area contributed by atoms with E-state index in [-0.39, 0.29) is 46.7 Å². The largest absolute Gasteiger partial charge is 0.692 e. The van der Waals surface area contributed by atoms with Gasteiger partial charge >= 0.3 is 0 Å². The van der Waals surface area contributed by atoms with Crippen molar-refractivity contribution in [1.29, 1.82) is 0 Å². The van der Waals surface area contributed by atoms with Crippen molar-refractivity contribution in [3.8, 4) is 11.1 Å². The minimum absolute atomic E-state index is 0. The Morgan fingerprint density at radius 2 is 1.40 bits per heavy atom. The normalized spacial score (nSPS) is 13.9. The minimum Gasteiger partial charge on any atom is -0.692 e. The summed E-state index contributed by atoms with van der Waals surface area (Å²) < 4.78 is 0. The number of hydrogen-bond donors (Lipinski definition) is 0. The number of aryl methyl sites for hydroxylation is 1. The fourth-order valence-corrected chi connectivity index (χ4v) is 6.11. The van der Waals surface area contributed by atoms with Crippen LogP contribution in [0.3, 0.4) is 0 Å². The molecule has 1 aliphatic carbocycles. The third-order valence-corrected chi connectivity index (χ3v) is 8.14. The Morgan fingerprint density at radius 1 is 0.721 bits per heavy atom. The van der Waals surface area contributed by atoms with Crippen molar-refractivity contribution in [1.82, 2.24) is 0 Å². The summed E-state index contributed by atoms with van der Waals surface area (Å²) in [4.78, 5) is 0. The van der Waals surface area contributed by atoms with Crippen molar-refractivity contribution in [2.45, 2.75) is 64.8 Å². The molecule has 0 amide bonds. The molecule has 43 heavy (non-hydrogen) atoms. The molecular formula is C40H43HfN2-5. The first-order valence-electron chi connectivity index (χ1n) is 14.7. The molecule has 0 aliphatic heterocycles. The zero-order chi connectivity index (χ0) is 27.6. The van der Waals surface area contributed by atoms with E-state index >= 15 is 0 Å². The summed E-state index contributed by atoms with van der Waals surface area (Å²) in [7, 11) is 0. The number of rotatable bonds is 7. The van der Waals surface area contributed by atoms with Crippen LogP contribution in [0.4, 0.5) is 17.1 Å². The zero-order valence-electron chi connectivity index (χ0n) is 26.5. The van der Waals surface area contributed by atoms with Crippen LogP contribution >= 0.6 is 0 Å². The van der Waals surface area contributed by atoms with Gasteiger partial charge < -0.3 is 25.5 Å². The molecule has 0 bridgehead atoms.